The molecule has 0 spiro atoms. The molecule has 0 aromatic carbocycles. The van der Waals surface area contributed by atoms with Crippen molar-refractivity contribution in [2.24, 2.45) is 5.92 Å². The standard InChI is InChI=1S/C13H18ClN3O2/c1-8(18)9-3-4-17(7-9)13(19)10-5-11(14)16-12(6-10)15-2/h5-6,8-9,18H,3-4,7H2,1-2H3,(H,15,16). The van der Waals surface area contributed by atoms with Gasteiger partial charge in [-0.2, -0.15) is 0 Å². The number of aliphatic hydroxyl groups excluding tert-OH is 1. The second kappa shape index (κ2) is 5.75. The van der Waals surface area contributed by atoms with E-state index in [0.717, 1.165) is 6.42 Å². The summed E-state index contributed by atoms with van der Waals surface area (Å²) in [5.74, 6) is 0.663. The van der Waals surface area contributed by atoms with Crippen LogP contribution in [0.1, 0.15) is 23.7 Å². The number of pyridine rings is 1. The molecular weight excluding hydrogens is 266 g/mol. The molecule has 1 aliphatic heterocycles. The Labute approximate surface area is 117 Å². The normalized spacial score (nSPS) is 20.4. The molecule has 1 fully saturated rings. The minimum atomic E-state index is -0.383. The van der Waals surface area contributed by atoms with E-state index in [1.54, 1.807) is 31.0 Å². The fraction of sp³-hybridized carbons (Fsp3) is 0.538. The van der Waals surface area contributed by atoms with E-state index in [0.29, 0.717) is 29.6 Å². The van der Waals surface area contributed by atoms with Gasteiger partial charge in [0.25, 0.3) is 5.91 Å². The van der Waals surface area contributed by atoms with E-state index in [9.17, 15) is 9.90 Å². The molecule has 1 amide bonds. The van der Waals surface area contributed by atoms with Crippen LogP contribution >= 0.6 is 11.6 Å². The fourth-order valence-electron chi connectivity index (χ4n) is 2.30. The molecular formula is C13H18ClN3O2. The fourth-order valence-corrected chi connectivity index (χ4v) is 2.51. The number of halogens is 1. The molecule has 0 saturated carbocycles. The van der Waals surface area contributed by atoms with Gasteiger partial charge >= 0.3 is 0 Å². The van der Waals surface area contributed by atoms with Gasteiger partial charge in [-0.05, 0) is 25.5 Å². The van der Waals surface area contributed by atoms with Crippen LogP contribution in [-0.4, -0.2) is 47.1 Å². The van der Waals surface area contributed by atoms with Crippen molar-refractivity contribution in [3.63, 3.8) is 0 Å². The van der Waals surface area contributed by atoms with Crippen molar-refractivity contribution in [1.82, 2.24) is 9.88 Å². The SMILES string of the molecule is CNc1cc(C(=O)N2CCC(C(C)O)C2)cc(Cl)n1. The van der Waals surface area contributed by atoms with Gasteiger partial charge in [0.2, 0.25) is 0 Å². The van der Waals surface area contributed by atoms with E-state index >= 15 is 0 Å². The lowest BCUT2D eigenvalue weighted by atomic mass is 10.0. The van der Waals surface area contributed by atoms with E-state index < -0.39 is 0 Å². The minimum Gasteiger partial charge on any atom is -0.393 e. The first-order chi connectivity index (χ1) is 9.01. The van der Waals surface area contributed by atoms with Crippen LogP contribution in [0.2, 0.25) is 5.15 Å². The predicted molar refractivity (Wildman–Crippen MR) is 74.5 cm³/mol. The van der Waals surface area contributed by atoms with Gasteiger partial charge in [-0.3, -0.25) is 4.79 Å². The molecule has 104 valence electrons. The Hall–Kier alpha value is -1.33. The molecule has 0 bridgehead atoms. The Morgan fingerprint density at radius 3 is 2.95 bits per heavy atom. The van der Waals surface area contributed by atoms with Crippen LogP contribution in [0.15, 0.2) is 12.1 Å². The van der Waals surface area contributed by atoms with E-state index in [-0.39, 0.29) is 17.9 Å². The highest BCUT2D eigenvalue weighted by Gasteiger charge is 2.29. The number of carbonyl (C=O) groups excluding carboxylic acids is 1. The number of amides is 1. The molecule has 5 nitrogen and oxygen atoms in total. The molecule has 6 heteroatoms. The second-order valence-corrected chi connectivity index (χ2v) is 5.24. The summed E-state index contributed by atoms with van der Waals surface area (Å²) in [4.78, 5) is 18.2. The Bertz CT molecular complexity index is 479. The Balaban J connectivity index is 2.14. The third-order valence-electron chi connectivity index (χ3n) is 3.49. The number of hydrogen-bond donors (Lipinski definition) is 2. The zero-order chi connectivity index (χ0) is 14.0. The number of aliphatic hydroxyl groups is 1. The lowest BCUT2D eigenvalue weighted by molar-refractivity contribution is 0.0762. The van der Waals surface area contributed by atoms with E-state index in [4.69, 9.17) is 11.6 Å². The topological polar surface area (TPSA) is 65.5 Å². The zero-order valence-corrected chi connectivity index (χ0v) is 11.8. The monoisotopic (exact) mass is 283 g/mol. The van der Waals surface area contributed by atoms with Crippen LogP contribution in [0, 0.1) is 5.92 Å². The molecule has 2 rings (SSSR count). The Morgan fingerprint density at radius 1 is 1.63 bits per heavy atom. The second-order valence-electron chi connectivity index (χ2n) is 4.85. The molecule has 1 aromatic rings. The van der Waals surface area contributed by atoms with Crippen molar-refractivity contribution in [1.29, 1.82) is 0 Å². The van der Waals surface area contributed by atoms with Crippen LogP contribution in [0.3, 0.4) is 0 Å². The van der Waals surface area contributed by atoms with Crippen LogP contribution in [-0.2, 0) is 0 Å². The number of anilines is 1. The van der Waals surface area contributed by atoms with Gasteiger partial charge in [-0.1, -0.05) is 11.6 Å². The van der Waals surface area contributed by atoms with Gasteiger partial charge < -0.3 is 15.3 Å². The van der Waals surface area contributed by atoms with Gasteiger partial charge in [0.05, 0.1) is 6.10 Å². The maximum absolute atomic E-state index is 12.4. The number of aromatic nitrogens is 1. The maximum atomic E-state index is 12.4. The molecule has 2 heterocycles. The average Bonchev–Trinajstić information content (AvgIpc) is 2.86. The lowest BCUT2D eigenvalue weighted by Gasteiger charge is -2.18. The molecule has 1 saturated heterocycles. The Kier molecular flexibility index (Phi) is 4.27. The average molecular weight is 284 g/mol. The summed E-state index contributed by atoms with van der Waals surface area (Å²) in [6.45, 7) is 3.02. The lowest BCUT2D eigenvalue weighted by Crippen LogP contribution is -2.30. The van der Waals surface area contributed by atoms with Crippen LogP contribution in [0.25, 0.3) is 0 Å². The number of likely N-dealkylation sites (tertiary alicyclic amines) is 1. The Morgan fingerprint density at radius 2 is 2.37 bits per heavy atom. The van der Waals surface area contributed by atoms with Crippen LogP contribution in [0.4, 0.5) is 5.82 Å². The molecule has 2 N–H and O–H groups in total. The number of hydrogen-bond acceptors (Lipinski definition) is 4. The van der Waals surface area contributed by atoms with Crippen molar-refractivity contribution in [3.8, 4) is 0 Å². The number of nitrogens with zero attached hydrogens (tertiary/aromatic N) is 2. The highest BCUT2D eigenvalue weighted by molar-refractivity contribution is 6.29. The summed E-state index contributed by atoms with van der Waals surface area (Å²) in [6, 6.07) is 3.25. The minimum absolute atomic E-state index is 0.0658. The molecule has 0 radical (unpaired) electrons. The first-order valence-electron chi connectivity index (χ1n) is 6.34. The van der Waals surface area contributed by atoms with Gasteiger partial charge in [0, 0.05) is 31.6 Å². The summed E-state index contributed by atoms with van der Waals surface area (Å²) >= 11 is 5.90. The van der Waals surface area contributed by atoms with Crippen molar-refractivity contribution < 1.29 is 9.90 Å². The molecule has 2 atom stereocenters. The zero-order valence-electron chi connectivity index (χ0n) is 11.1. The molecule has 1 aromatic heterocycles. The third-order valence-corrected chi connectivity index (χ3v) is 3.68. The summed E-state index contributed by atoms with van der Waals surface area (Å²) in [7, 11) is 1.73. The van der Waals surface area contributed by atoms with Crippen molar-refractivity contribution in [3.05, 3.63) is 22.8 Å². The van der Waals surface area contributed by atoms with E-state index in [1.807, 2.05) is 0 Å². The first-order valence-corrected chi connectivity index (χ1v) is 6.71. The number of carbonyl (C=O) groups is 1. The first kappa shape index (κ1) is 14.1. The smallest absolute Gasteiger partial charge is 0.254 e. The van der Waals surface area contributed by atoms with Gasteiger partial charge in [-0.15, -0.1) is 0 Å². The molecule has 19 heavy (non-hydrogen) atoms. The highest BCUT2D eigenvalue weighted by Crippen LogP contribution is 2.23. The third kappa shape index (κ3) is 3.16. The van der Waals surface area contributed by atoms with Crippen molar-refractivity contribution in [2.75, 3.05) is 25.5 Å². The number of nitrogens with one attached hydrogen (secondary N) is 1. The van der Waals surface area contributed by atoms with Gasteiger partial charge in [0.1, 0.15) is 11.0 Å². The van der Waals surface area contributed by atoms with Crippen molar-refractivity contribution >= 4 is 23.3 Å². The highest BCUT2D eigenvalue weighted by atomic mass is 35.5. The quantitative estimate of drug-likeness (QED) is 0.828. The maximum Gasteiger partial charge on any atom is 0.254 e. The summed E-state index contributed by atoms with van der Waals surface area (Å²) < 4.78 is 0. The van der Waals surface area contributed by atoms with Crippen LogP contribution in [0.5, 0.6) is 0 Å². The van der Waals surface area contributed by atoms with Gasteiger partial charge in [0.15, 0.2) is 0 Å². The van der Waals surface area contributed by atoms with Gasteiger partial charge in [-0.25, -0.2) is 4.98 Å². The van der Waals surface area contributed by atoms with Crippen LogP contribution < -0.4 is 5.32 Å². The summed E-state index contributed by atoms with van der Waals surface area (Å²) in [5.41, 5.74) is 0.524. The van der Waals surface area contributed by atoms with E-state index in [1.165, 1.54) is 0 Å². The molecule has 1 aliphatic rings. The number of rotatable bonds is 3. The predicted octanol–water partition coefficient (Wildman–Crippen LogP) is 1.62. The largest absolute Gasteiger partial charge is 0.393 e. The molecule has 2 unspecified atom stereocenters. The van der Waals surface area contributed by atoms with E-state index in [2.05, 4.69) is 10.3 Å². The van der Waals surface area contributed by atoms with Crippen molar-refractivity contribution in [2.45, 2.75) is 19.4 Å². The summed E-state index contributed by atoms with van der Waals surface area (Å²) in [5, 5.41) is 12.7. The molecule has 0 aliphatic carbocycles. The summed E-state index contributed by atoms with van der Waals surface area (Å²) in [6.07, 6.45) is 0.452.